The predicted molar refractivity (Wildman–Crippen MR) is 69.3 cm³/mol. The topological polar surface area (TPSA) is 12.0 Å². The summed E-state index contributed by atoms with van der Waals surface area (Å²) in [5.41, 5.74) is 4.09. The Hall–Kier alpha value is -1.67. The van der Waals surface area contributed by atoms with Crippen molar-refractivity contribution in [3.8, 4) is 11.1 Å². The molecule has 0 aliphatic rings. The lowest BCUT2D eigenvalue weighted by molar-refractivity contribution is 0.619. The first-order chi connectivity index (χ1) is 8.20. The Morgan fingerprint density at radius 3 is 2.53 bits per heavy atom. The first kappa shape index (κ1) is 11.8. The maximum Gasteiger partial charge on any atom is 0.126 e. The first-order valence-electron chi connectivity index (χ1n) is 5.71. The average molecular weight is 229 g/mol. The van der Waals surface area contributed by atoms with E-state index in [1.807, 2.05) is 31.3 Å². The SMILES string of the molecule is CNCc1cccc(-c2ccc(F)c(C)c2)c1. The molecule has 0 amide bonds. The Morgan fingerprint density at radius 1 is 1.06 bits per heavy atom. The van der Waals surface area contributed by atoms with E-state index in [1.54, 1.807) is 6.92 Å². The molecule has 0 aliphatic heterocycles. The predicted octanol–water partition coefficient (Wildman–Crippen LogP) is 3.52. The lowest BCUT2D eigenvalue weighted by Crippen LogP contribution is -2.04. The first-order valence-corrected chi connectivity index (χ1v) is 5.71. The van der Waals surface area contributed by atoms with Crippen LogP contribution in [0.1, 0.15) is 11.1 Å². The van der Waals surface area contributed by atoms with E-state index >= 15 is 0 Å². The van der Waals surface area contributed by atoms with E-state index in [0.29, 0.717) is 5.56 Å². The van der Waals surface area contributed by atoms with Crippen LogP contribution in [-0.2, 0) is 6.54 Å². The summed E-state index contributed by atoms with van der Waals surface area (Å²) in [5.74, 6) is -0.153. The van der Waals surface area contributed by atoms with Gasteiger partial charge in [-0.05, 0) is 54.4 Å². The molecule has 0 fully saturated rings. The van der Waals surface area contributed by atoms with Crippen molar-refractivity contribution < 1.29 is 4.39 Å². The number of hydrogen-bond acceptors (Lipinski definition) is 1. The molecule has 2 aromatic carbocycles. The zero-order valence-electron chi connectivity index (χ0n) is 10.1. The molecule has 2 heteroatoms. The van der Waals surface area contributed by atoms with Gasteiger partial charge in [0.05, 0.1) is 0 Å². The van der Waals surface area contributed by atoms with Gasteiger partial charge in [-0.15, -0.1) is 0 Å². The third-order valence-corrected chi connectivity index (χ3v) is 2.80. The molecule has 2 rings (SSSR count). The molecule has 1 nitrogen and oxygen atoms in total. The summed E-state index contributed by atoms with van der Waals surface area (Å²) in [6, 6.07) is 13.5. The van der Waals surface area contributed by atoms with E-state index in [4.69, 9.17) is 0 Å². The molecular weight excluding hydrogens is 213 g/mol. The van der Waals surface area contributed by atoms with Crippen molar-refractivity contribution in [1.82, 2.24) is 5.32 Å². The molecule has 1 N–H and O–H groups in total. The Labute approximate surface area is 101 Å². The quantitative estimate of drug-likeness (QED) is 0.849. The van der Waals surface area contributed by atoms with Gasteiger partial charge in [-0.2, -0.15) is 0 Å². The van der Waals surface area contributed by atoms with Crippen LogP contribution in [-0.4, -0.2) is 7.05 Å². The highest BCUT2D eigenvalue weighted by Gasteiger charge is 2.02. The average Bonchev–Trinajstić information content (AvgIpc) is 2.33. The van der Waals surface area contributed by atoms with Crippen LogP contribution in [0.4, 0.5) is 4.39 Å². The molecule has 0 saturated carbocycles. The van der Waals surface area contributed by atoms with Crippen molar-refractivity contribution in [2.24, 2.45) is 0 Å². The van der Waals surface area contributed by atoms with Gasteiger partial charge in [0.2, 0.25) is 0 Å². The minimum absolute atomic E-state index is 0.153. The molecule has 0 unspecified atom stereocenters. The van der Waals surface area contributed by atoms with E-state index in [9.17, 15) is 4.39 Å². The monoisotopic (exact) mass is 229 g/mol. The van der Waals surface area contributed by atoms with Gasteiger partial charge in [-0.25, -0.2) is 4.39 Å². The Bertz CT molecular complexity index is 520. The third kappa shape index (κ3) is 2.71. The van der Waals surface area contributed by atoms with Crippen LogP contribution in [0.2, 0.25) is 0 Å². The molecule has 0 heterocycles. The molecule has 0 bridgehead atoms. The normalized spacial score (nSPS) is 10.5. The summed E-state index contributed by atoms with van der Waals surface area (Å²) in [4.78, 5) is 0. The number of halogens is 1. The number of benzene rings is 2. The fourth-order valence-corrected chi connectivity index (χ4v) is 1.89. The van der Waals surface area contributed by atoms with Crippen LogP contribution in [0.5, 0.6) is 0 Å². The lowest BCUT2D eigenvalue weighted by Gasteiger charge is -2.06. The molecule has 0 radical (unpaired) electrons. The highest BCUT2D eigenvalue weighted by molar-refractivity contribution is 5.65. The smallest absolute Gasteiger partial charge is 0.126 e. The molecule has 88 valence electrons. The van der Waals surface area contributed by atoms with E-state index in [0.717, 1.165) is 17.7 Å². The summed E-state index contributed by atoms with van der Waals surface area (Å²) in [7, 11) is 1.93. The van der Waals surface area contributed by atoms with Crippen molar-refractivity contribution in [3.05, 3.63) is 59.4 Å². The van der Waals surface area contributed by atoms with Crippen LogP contribution in [0.3, 0.4) is 0 Å². The van der Waals surface area contributed by atoms with Crippen LogP contribution in [0.25, 0.3) is 11.1 Å². The second-order valence-corrected chi connectivity index (χ2v) is 4.19. The summed E-state index contributed by atoms with van der Waals surface area (Å²) < 4.78 is 13.2. The van der Waals surface area contributed by atoms with Crippen LogP contribution in [0.15, 0.2) is 42.5 Å². The number of hydrogen-bond donors (Lipinski definition) is 1. The highest BCUT2D eigenvalue weighted by atomic mass is 19.1. The van der Waals surface area contributed by atoms with Gasteiger partial charge in [0.1, 0.15) is 5.82 Å². The van der Waals surface area contributed by atoms with Gasteiger partial charge in [-0.1, -0.05) is 24.3 Å². The fourth-order valence-electron chi connectivity index (χ4n) is 1.89. The minimum Gasteiger partial charge on any atom is -0.316 e. The van der Waals surface area contributed by atoms with E-state index < -0.39 is 0 Å². The standard InChI is InChI=1S/C15H16FN/c1-11-8-14(6-7-15(11)16)13-5-3-4-12(9-13)10-17-2/h3-9,17H,10H2,1-2H3. The number of nitrogens with one attached hydrogen (secondary N) is 1. The van der Waals surface area contributed by atoms with E-state index in [1.165, 1.54) is 11.6 Å². The van der Waals surface area contributed by atoms with Crippen molar-refractivity contribution in [2.75, 3.05) is 7.05 Å². The van der Waals surface area contributed by atoms with E-state index in [-0.39, 0.29) is 5.82 Å². The van der Waals surface area contributed by atoms with Crippen molar-refractivity contribution in [3.63, 3.8) is 0 Å². The molecular formula is C15H16FN. The maximum atomic E-state index is 13.2. The number of aryl methyl sites for hydroxylation is 1. The molecule has 0 spiro atoms. The Balaban J connectivity index is 2.38. The van der Waals surface area contributed by atoms with Gasteiger partial charge in [0.25, 0.3) is 0 Å². The molecule has 0 aromatic heterocycles. The van der Waals surface area contributed by atoms with Gasteiger partial charge >= 0.3 is 0 Å². The number of rotatable bonds is 3. The second-order valence-electron chi connectivity index (χ2n) is 4.19. The minimum atomic E-state index is -0.153. The Kier molecular flexibility index (Phi) is 3.55. The van der Waals surface area contributed by atoms with E-state index in [2.05, 4.69) is 17.4 Å². The van der Waals surface area contributed by atoms with Crippen molar-refractivity contribution in [2.45, 2.75) is 13.5 Å². The summed E-state index contributed by atoms with van der Waals surface area (Å²) in [5, 5.41) is 3.12. The molecule has 17 heavy (non-hydrogen) atoms. The maximum absolute atomic E-state index is 13.2. The zero-order chi connectivity index (χ0) is 12.3. The molecule has 0 saturated heterocycles. The van der Waals surface area contributed by atoms with Crippen LogP contribution < -0.4 is 5.32 Å². The molecule has 2 aromatic rings. The van der Waals surface area contributed by atoms with Gasteiger partial charge in [0.15, 0.2) is 0 Å². The van der Waals surface area contributed by atoms with Crippen molar-refractivity contribution in [1.29, 1.82) is 0 Å². The van der Waals surface area contributed by atoms with Crippen LogP contribution >= 0.6 is 0 Å². The largest absolute Gasteiger partial charge is 0.316 e. The van der Waals surface area contributed by atoms with Gasteiger partial charge in [0, 0.05) is 6.54 Å². The fraction of sp³-hybridized carbons (Fsp3) is 0.200. The molecule has 0 atom stereocenters. The van der Waals surface area contributed by atoms with Gasteiger partial charge < -0.3 is 5.32 Å². The summed E-state index contributed by atoms with van der Waals surface area (Å²) >= 11 is 0. The highest BCUT2D eigenvalue weighted by Crippen LogP contribution is 2.22. The summed E-state index contributed by atoms with van der Waals surface area (Å²) in [6.07, 6.45) is 0. The zero-order valence-corrected chi connectivity index (χ0v) is 10.1. The second kappa shape index (κ2) is 5.11. The Morgan fingerprint density at radius 2 is 1.82 bits per heavy atom. The lowest BCUT2D eigenvalue weighted by atomic mass is 10.0. The summed E-state index contributed by atoms with van der Waals surface area (Å²) in [6.45, 7) is 2.63. The third-order valence-electron chi connectivity index (χ3n) is 2.80. The van der Waals surface area contributed by atoms with Gasteiger partial charge in [-0.3, -0.25) is 0 Å². The molecule has 0 aliphatic carbocycles. The van der Waals surface area contributed by atoms with Crippen molar-refractivity contribution >= 4 is 0 Å². The van der Waals surface area contributed by atoms with Crippen LogP contribution in [0, 0.1) is 12.7 Å².